The molecule has 2 heterocycles. The Balaban J connectivity index is 1.80. The molecule has 1 atom stereocenters. The number of aryl methyl sites for hydroxylation is 1. The van der Waals surface area contributed by atoms with E-state index in [2.05, 4.69) is 52.8 Å². The van der Waals surface area contributed by atoms with Crippen LogP contribution in [-0.2, 0) is 21.6 Å². The van der Waals surface area contributed by atoms with Gasteiger partial charge >= 0.3 is 0 Å². The molecule has 1 aromatic heterocycles. The van der Waals surface area contributed by atoms with Gasteiger partial charge in [0, 0.05) is 19.2 Å². The summed E-state index contributed by atoms with van der Waals surface area (Å²) in [6.45, 7) is 11.1. The number of hydrogen-bond donors (Lipinski definition) is 1. The van der Waals surface area contributed by atoms with Crippen molar-refractivity contribution in [3.05, 3.63) is 51.8 Å². The Morgan fingerprint density at radius 3 is 2.70 bits per heavy atom. The zero-order valence-corrected chi connectivity index (χ0v) is 19.1. The van der Waals surface area contributed by atoms with E-state index in [1.54, 1.807) is 10.9 Å². The SMILES string of the molecule is Cc1cnn(COCC[Si](C)(C)C)c1C(O)C1(c2cccc(Br)c2)COC1. The molecule has 0 saturated carbocycles. The van der Waals surface area contributed by atoms with E-state index in [0.29, 0.717) is 19.9 Å². The van der Waals surface area contributed by atoms with Gasteiger partial charge in [0.25, 0.3) is 0 Å². The summed E-state index contributed by atoms with van der Waals surface area (Å²) in [5, 5.41) is 15.8. The van der Waals surface area contributed by atoms with Crippen molar-refractivity contribution in [2.45, 2.75) is 50.9 Å². The number of benzene rings is 1. The van der Waals surface area contributed by atoms with Crippen LogP contribution >= 0.6 is 15.9 Å². The summed E-state index contributed by atoms with van der Waals surface area (Å²) in [6.07, 6.45) is 1.10. The van der Waals surface area contributed by atoms with Crippen molar-refractivity contribution < 1.29 is 14.6 Å². The number of aliphatic hydroxyl groups is 1. The average molecular weight is 453 g/mol. The molecule has 1 aliphatic rings. The maximum absolute atomic E-state index is 11.4. The lowest BCUT2D eigenvalue weighted by Crippen LogP contribution is -2.52. The summed E-state index contributed by atoms with van der Waals surface area (Å²) in [5.41, 5.74) is 2.40. The van der Waals surface area contributed by atoms with Gasteiger partial charge in [0.1, 0.15) is 12.8 Å². The average Bonchev–Trinajstić information content (AvgIpc) is 2.90. The van der Waals surface area contributed by atoms with Gasteiger partial charge in [-0.1, -0.05) is 47.7 Å². The first-order valence-corrected chi connectivity index (χ1v) is 13.8. The minimum Gasteiger partial charge on any atom is -0.386 e. The monoisotopic (exact) mass is 452 g/mol. The molecule has 148 valence electrons. The molecule has 1 unspecified atom stereocenters. The molecule has 5 nitrogen and oxygen atoms in total. The van der Waals surface area contributed by atoms with E-state index in [1.165, 1.54) is 0 Å². The smallest absolute Gasteiger partial charge is 0.139 e. The van der Waals surface area contributed by atoms with Crippen LogP contribution in [0.3, 0.4) is 0 Å². The minimum absolute atomic E-state index is 0.361. The Hall–Kier alpha value is -0.993. The maximum atomic E-state index is 11.4. The van der Waals surface area contributed by atoms with E-state index in [9.17, 15) is 5.11 Å². The molecule has 1 aliphatic heterocycles. The molecule has 0 spiro atoms. The Morgan fingerprint density at radius 2 is 2.11 bits per heavy atom. The van der Waals surface area contributed by atoms with Crippen LogP contribution < -0.4 is 0 Å². The molecule has 1 N–H and O–H groups in total. The van der Waals surface area contributed by atoms with Gasteiger partial charge in [-0.15, -0.1) is 0 Å². The molecule has 0 aliphatic carbocycles. The van der Waals surface area contributed by atoms with Gasteiger partial charge in [-0.25, -0.2) is 4.68 Å². The van der Waals surface area contributed by atoms with Gasteiger partial charge < -0.3 is 14.6 Å². The second kappa shape index (κ2) is 8.17. The molecule has 7 heteroatoms. The molecular weight excluding hydrogens is 424 g/mol. The first-order valence-electron chi connectivity index (χ1n) is 9.35. The summed E-state index contributed by atoms with van der Waals surface area (Å²) >= 11 is 3.54. The van der Waals surface area contributed by atoms with Crippen molar-refractivity contribution in [1.29, 1.82) is 0 Å². The van der Waals surface area contributed by atoms with E-state index >= 15 is 0 Å². The van der Waals surface area contributed by atoms with Crippen molar-refractivity contribution in [2.24, 2.45) is 0 Å². The van der Waals surface area contributed by atoms with Gasteiger partial charge in [0.05, 0.1) is 30.5 Å². The molecule has 1 saturated heterocycles. The highest BCUT2D eigenvalue weighted by Gasteiger charge is 2.49. The van der Waals surface area contributed by atoms with Gasteiger partial charge in [-0.2, -0.15) is 5.10 Å². The molecule has 0 radical (unpaired) electrons. The summed E-state index contributed by atoms with van der Waals surface area (Å²) in [7, 11) is -1.13. The quantitative estimate of drug-likeness (QED) is 0.479. The maximum Gasteiger partial charge on any atom is 0.139 e. The number of nitrogens with zero attached hydrogens (tertiary/aromatic N) is 2. The summed E-state index contributed by atoms with van der Waals surface area (Å²) in [4.78, 5) is 0. The topological polar surface area (TPSA) is 56.5 Å². The first kappa shape index (κ1) is 20.7. The summed E-state index contributed by atoms with van der Waals surface area (Å²) in [6, 6.07) is 9.21. The molecule has 0 bridgehead atoms. The lowest BCUT2D eigenvalue weighted by molar-refractivity contribution is -0.125. The van der Waals surface area contributed by atoms with Crippen LogP contribution in [0.4, 0.5) is 0 Å². The number of rotatable bonds is 8. The van der Waals surface area contributed by atoms with Gasteiger partial charge in [0.2, 0.25) is 0 Å². The Morgan fingerprint density at radius 1 is 1.37 bits per heavy atom. The van der Waals surface area contributed by atoms with E-state index in [1.807, 2.05) is 19.1 Å². The van der Waals surface area contributed by atoms with Crippen molar-refractivity contribution in [3.8, 4) is 0 Å². The van der Waals surface area contributed by atoms with Crippen molar-refractivity contribution in [3.63, 3.8) is 0 Å². The van der Waals surface area contributed by atoms with Crippen LogP contribution in [0.25, 0.3) is 0 Å². The third kappa shape index (κ3) is 4.54. The second-order valence-corrected chi connectivity index (χ2v) is 15.2. The van der Waals surface area contributed by atoms with Crippen LogP contribution in [0.15, 0.2) is 34.9 Å². The van der Waals surface area contributed by atoms with Crippen molar-refractivity contribution in [2.75, 3.05) is 19.8 Å². The normalized spacial score (nSPS) is 17.6. The Bertz CT molecular complexity index is 784. The van der Waals surface area contributed by atoms with E-state index in [0.717, 1.165) is 33.9 Å². The molecule has 1 fully saturated rings. The molecular formula is C20H29BrN2O3Si. The second-order valence-electron chi connectivity index (χ2n) is 8.62. The third-order valence-corrected chi connectivity index (χ3v) is 7.38. The van der Waals surface area contributed by atoms with E-state index in [4.69, 9.17) is 9.47 Å². The van der Waals surface area contributed by atoms with Gasteiger partial charge in [-0.3, -0.25) is 0 Å². The lowest BCUT2D eigenvalue weighted by Gasteiger charge is -2.45. The zero-order valence-electron chi connectivity index (χ0n) is 16.5. The van der Waals surface area contributed by atoms with Crippen LogP contribution in [0, 0.1) is 6.92 Å². The predicted molar refractivity (Wildman–Crippen MR) is 113 cm³/mol. The number of aromatic nitrogens is 2. The molecule has 2 aromatic rings. The molecule has 27 heavy (non-hydrogen) atoms. The Kier molecular flexibility index (Phi) is 6.27. The highest BCUT2D eigenvalue weighted by atomic mass is 79.9. The lowest BCUT2D eigenvalue weighted by atomic mass is 9.72. The van der Waals surface area contributed by atoms with Gasteiger partial charge in [-0.05, 0) is 36.2 Å². The summed E-state index contributed by atoms with van der Waals surface area (Å²) in [5.74, 6) is 0. The van der Waals surface area contributed by atoms with E-state index in [-0.39, 0.29) is 0 Å². The first-order chi connectivity index (χ1) is 12.7. The zero-order chi connectivity index (χ0) is 19.7. The number of halogens is 1. The number of ether oxygens (including phenoxy) is 2. The van der Waals surface area contributed by atoms with Crippen molar-refractivity contribution >= 4 is 24.0 Å². The van der Waals surface area contributed by atoms with E-state index < -0.39 is 19.6 Å². The Labute approximate surface area is 170 Å². The fourth-order valence-electron chi connectivity index (χ4n) is 3.34. The van der Waals surface area contributed by atoms with Gasteiger partial charge in [0.15, 0.2) is 0 Å². The van der Waals surface area contributed by atoms with Crippen LogP contribution in [0.1, 0.15) is 22.9 Å². The predicted octanol–water partition coefficient (Wildman–Crippen LogP) is 4.27. The largest absolute Gasteiger partial charge is 0.386 e. The highest BCUT2D eigenvalue weighted by Crippen LogP contribution is 2.44. The standard InChI is InChI=1S/C20H29BrN2O3Si/c1-15-11-22-23(14-25-8-9-27(2,3)4)18(15)19(24)20(12-26-13-20)16-6-5-7-17(21)10-16/h5-7,10-11,19,24H,8-9,12-14H2,1-4H3. The molecule has 0 amide bonds. The summed E-state index contributed by atoms with van der Waals surface area (Å²) < 4.78 is 14.2. The third-order valence-electron chi connectivity index (χ3n) is 5.18. The number of aliphatic hydroxyl groups excluding tert-OH is 1. The fraction of sp³-hybridized carbons (Fsp3) is 0.550. The van der Waals surface area contributed by atoms with Crippen molar-refractivity contribution in [1.82, 2.24) is 9.78 Å². The van der Waals surface area contributed by atoms with Crippen LogP contribution in [0.2, 0.25) is 25.7 Å². The number of hydrogen-bond acceptors (Lipinski definition) is 4. The molecule has 3 rings (SSSR count). The fourth-order valence-corrected chi connectivity index (χ4v) is 4.50. The van der Waals surface area contributed by atoms with Crippen LogP contribution in [-0.4, -0.2) is 42.8 Å². The molecule has 1 aromatic carbocycles. The highest BCUT2D eigenvalue weighted by molar-refractivity contribution is 9.10. The van der Waals surface area contributed by atoms with Crippen LogP contribution in [0.5, 0.6) is 0 Å². The minimum atomic E-state index is -1.13.